The zero-order valence-corrected chi connectivity index (χ0v) is 13.1. The second-order valence-corrected chi connectivity index (χ2v) is 5.34. The minimum absolute atomic E-state index is 0.313. The summed E-state index contributed by atoms with van der Waals surface area (Å²) in [4.78, 5) is 8.54. The minimum Gasteiger partial charge on any atom is -0.496 e. The quantitative estimate of drug-likeness (QED) is 0.804. The molecule has 0 bridgehead atoms. The number of aryl methyl sites for hydroxylation is 2. The SMILES string of the molecule is CCc1ccc(Cn2ccc3nc(N)nc(C)c32)c(OC)c1. The molecule has 3 rings (SSSR count). The third kappa shape index (κ3) is 2.50. The molecule has 5 heteroatoms. The van der Waals surface area contributed by atoms with Crippen molar-refractivity contribution in [2.75, 3.05) is 12.8 Å². The topological polar surface area (TPSA) is 66.0 Å². The number of fused-ring (bicyclic) bond motifs is 1. The number of nitrogens with zero attached hydrogens (tertiary/aromatic N) is 3. The van der Waals surface area contributed by atoms with E-state index >= 15 is 0 Å². The monoisotopic (exact) mass is 296 g/mol. The fraction of sp³-hybridized carbons (Fsp3) is 0.294. The van der Waals surface area contributed by atoms with Crippen LogP contribution in [0.2, 0.25) is 0 Å². The van der Waals surface area contributed by atoms with E-state index < -0.39 is 0 Å². The predicted octanol–water partition coefficient (Wildman–Crippen LogP) is 2.94. The van der Waals surface area contributed by atoms with Gasteiger partial charge in [0, 0.05) is 11.8 Å². The summed E-state index contributed by atoms with van der Waals surface area (Å²) >= 11 is 0. The van der Waals surface area contributed by atoms with E-state index in [0.29, 0.717) is 12.5 Å². The van der Waals surface area contributed by atoms with E-state index in [1.165, 1.54) is 5.56 Å². The van der Waals surface area contributed by atoms with Gasteiger partial charge in [0.05, 0.1) is 30.4 Å². The number of hydrogen-bond acceptors (Lipinski definition) is 4. The van der Waals surface area contributed by atoms with Crippen molar-refractivity contribution in [2.45, 2.75) is 26.8 Å². The number of anilines is 1. The number of benzene rings is 1. The fourth-order valence-corrected chi connectivity index (χ4v) is 2.77. The molecule has 1 aromatic carbocycles. The van der Waals surface area contributed by atoms with Crippen LogP contribution in [-0.4, -0.2) is 21.6 Å². The number of methoxy groups -OCH3 is 1. The van der Waals surface area contributed by atoms with Crippen LogP contribution in [0.4, 0.5) is 5.95 Å². The first kappa shape index (κ1) is 14.4. The molecule has 0 atom stereocenters. The molecule has 0 aliphatic heterocycles. The van der Waals surface area contributed by atoms with Gasteiger partial charge in [-0.2, -0.15) is 0 Å². The smallest absolute Gasteiger partial charge is 0.220 e. The molecule has 114 valence electrons. The Morgan fingerprint density at radius 3 is 2.77 bits per heavy atom. The van der Waals surface area contributed by atoms with Gasteiger partial charge in [0.15, 0.2) is 0 Å². The van der Waals surface area contributed by atoms with E-state index in [9.17, 15) is 0 Å². The maximum atomic E-state index is 5.71. The van der Waals surface area contributed by atoms with Gasteiger partial charge in [-0.15, -0.1) is 0 Å². The van der Waals surface area contributed by atoms with Crippen LogP contribution in [-0.2, 0) is 13.0 Å². The molecule has 0 unspecified atom stereocenters. The average Bonchev–Trinajstić information content (AvgIpc) is 2.90. The summed E-state index contributed by atoms with van der Waals surface area (Å²) in [6.07, 6.45) is 3.01. The average molecular weight is 296 g/mol. The molecule has 0 fully saturated rings. The lowest BCUT2D eigenvalue weighted by Gasteiger charge is -2.12. The first-order valence-corrected chi connectivity index (χ1v) is 7.37. The molecule has 5 nitrogen and oxygen atoms in total. The van der Waals surface area contributed by atoms with Crippen LogP contribution in [0.15, 0.2) is 30.5 Å². The highest BCUT2D eigenvalue weighted by Crippen LogP contribution is 2.24. The standard InChI is InChI=1S/C17H20N4O/c1-4-12-5-6-13(15(9-12)22-3)10-21-8-7-14-16(21)11(2)19-17(18)20-14/h5-9H,4,10H2,1-3H3,(H2,18,19,20). The Bertz CT molecular complexity index is 823. The Hall–Kier alpha value is -2.56. The molecule has 0 saturated heterocycles. The predicted molar refractivity (Wildman–Crippen MR) is 88.2 cm³/mol. The largest absolute Gasteiger partial charge is 0.496 e. The van der Waals surface area contributed by atoms with Crippen molar-refractivity contribution in [1.82, 2.24) is 14.5 Å². The molecule has 0 saturated carbocycles. The van der Waals surface area contributed by atoms with Crippen LogP contribution in [0.5, 0.6) is 5.75 Å². The second-order valence-electron chi connectivity index (χ2n) is 5.34. The van der Waals surface area contributed by atoms with E-state index in [4.69, 9.17) is 10.5 Å². The Kier molecular flexibility index (Phi) is 3.71. The third-order valence-electron chi connectivity index (χ3n) is 3.90. The van der Waals surface area contributed by atoms with Gasteiger partial charge in [-0.05, 0) is 31.0 Å². The van der Waals surface area contributed by atoms with Crippen molar-refractivity contribution >= 4 is 17.0 Å². The Morgan fingerprint density at radius 2 is 2.05 bits per heavy atom. The van der Waals surface area contributed by atoms with E-state index in [1.54, 1.807) is 7.11 Å². The Labute approximate surface area is 129 Å². The van der Waals surface area contributed by atoms with Gasteiger partial charge in [-0.1, -0.05) is 19.1 Å². The number of nitrogens with two attached hydrogens (primary N) is 1. The molecule has 2 aromatic heterocycles. The van der Waals surface area contributed by atoms with Crippen molar-refractivity contribution in [1.29, 1.82) is 0 Å². The molecular weight excluding hydrogens is 276 g/mol. The Morgan fingerprint density at radius 1 is 1.23 bits per heavy atom. The number of aromatic nitrogens is 3. The van der Waals surface area contributed by atoms with E-state index in [1.807, 2.05) is 19.2 Å². The van der Waals surface area contributed by atoms with Crippen LogP contribution in [0, 0.1) is 6.92 Å². The molecule has 0 spiro atoms. The first-order valence-electron chi connectivity index (χ1n) is 7.37. The highest BCUT2D eigenvalue weighted by Gasteiger charge is 2.11. The van der Waals surface area contributed by atoms with Crippen molar-refractivity contribution < 1.29 is 4.74 Å². The molecule has 2 N–H and O–H groups in total. The highest BCUT2D eigenvalue weighted by atomic mass is 16.5. The maximum Gasteiger partial charge on any atom is 0.220 e. The fourth-order valence-electron chi connectivity index (χ4n) is 2.77. The highest BCUT2D eigenvalue weighted by molar-refractivity contribution is 5.79. The summed E-state index contributed by atoms with van der Waals surface area (Å²) in [5.74, 6) is 1.22. The van der Waals surface area contributed by atoms with Crippen LogP contribution in [0.25, 0.3) is 11.0 Å². The van der Waals surface area contributed by atoms with E-state index in [0.717, 1.165) is 34.5 Å². The lowest BCUT2D eigenvalue weighted by Crippen LogP contribution is -2.04. The third-order valence-corrected chi connectivity index (χ3v) is 3.90. The molecule has 2 heterocycles. The Balaban J connectivity index is 2.04. The molecule has 3 aromatic rings. The van der Waals surface area contributed by atoms with Gasteiger partial charge >= 0.3 is 0 Å². The van der Waals surface area contributed by atoms with Gasteiger partial charge in [-0.25, -0.2) is 9.97 Å². The van der Waals surface area contributed by atoms with Crippen molar-refractivity contribution in [2.24, 2.45) is 0 Å². The number of ether oxygens (including phenoxy) is 1. The normalized spacial score (nSPS) is 11.0. The zero-order valence-electron chi connectivity index (χ0n) is 13.1. The van der Waals surface area contributed by atoms with E-state index in [-0.39, 0.29) is 0 Å². The van der Waals surface area contributed by atoms with Gasteiger partial charge in [0.2, 0.25) is 5.95 Å². The summed E-state index contributed by atoms with van der Waals surface area (Å²) in [5, 5.41) is 0. The lowest BCUT2D eigenvalue weighted by molar-refractivity contribution is 0.408. The summed E-state index contributed by atoms with van der Waals surface area (Å²) in [6.45, 7) is 4.80. The summed E-state index contributed by atoms with van der Waals surface area (Å²) in [5.41, 5.74) is 10.9. The number of hydrogen-bond donors (Lipinski definition) is 1. The molecule has 0 aliphatic carbocycles. The van der Waals surface area contributed by atoms with Gasteiger partial charge in [0.25, 0.3) is 0 Å². The van der Waals surface area contributed by atoms with Gasteiger partial charge in [-0.3, -0.25) is 0 Å². The van der Waals surface area contributed by atoms with Crippen molar-refractivity contribution in [3.8, 4) is 5.75 Å². The lowest BCUT2D eigenvalue weighted by atomic mass is 10.1. The van der Waals surface area contributed by atoms with Crippen molar-refractivity contribution in [3.63, 3.8) is 0 Å². The number of rotatable bonds is 4. The summed E-state index contributed by atoms with van der Waals surface area (Å²) in [6, 6.07) is 8.33. The maximum absolute atomic E-state index is 5.71. The first-order chi connectivity index (χ1) is 10.6. The molecule has 22 heavy (non-hydrogen) atoms. The number of nitrogen functional groups attached to an aromatic ring is 1. The zero-order chi connectivity index (χ0) is 15.7. The van der Waals surface area contributed by atoms with Crippen LogP contribution < -0.4 is 10.5 Å². The van der Waals surface area contributed by atoms with Crippen molar-refractivity contribution in [3.05, 3.63) is 47.3 Å². The summed E-state index contributed by atoms with van der Waals surface area (Å²) < 4.78 is 7.67. The van der Waals surface area contributed by atoms with Gasteiger partial charge in [0.1, 0.15) is 5.75 Å². The van der Waals surface area contributed by atoms with Crippen LogP contribution in [0.3, 0.4) is 0 Å². The van der Waals surface area contributed by atoms with Crippen LogP contribution in [0.1, 0.15) is 23.7 Å². The molecule has 0 aliphatic rings. The molecule has 0 amide bonds. The minimum atomic E-state index is 0.313. The summed E-state index contributed by atoms with van der Waals surface area (Å²) in [7, 11) is 1.71. The molecular formula is C17H20N4O. The second kappa shape index (κ2) is 5.67. The van der Waals surface area contributed by atoms with Gasteiger partial charge < -0.3 is 15.0 Å². The molecule has 0 radical (unpaired) electrons. The van der Waals surface area contributed by atoms with E-state index in [2.05, 4.69) is 39.7 Å². The van der Waals surface area contributed by atoms with Crippen LogP contribution >= 0.6 is 0 Å².